The van der Waals surface area contributed by atoms with Crippen LogP contribution in [-0.2, 0) is 47.5 Å². The molecule has 0 amide bonds. The average Bonchev–Trinajstić information content (AvgIpc) is 3.35. The molecule has 21 atom stereocenters. The molecule has 0 aromatic heterocycles. The van der Waals surface area contributed by atoms with Gasteiger partial charge in [0.15, 0.2) is 12.4 Å². The standard InChI is InChI=1S/C49H82O16S5.C5H10/c1-25(2)40(57)60-23-46-20-36(55)44(5)29(30(46)19-49(69,70)39(38(46)56)61-24-52)11-14-35-47(67)17-16-37(45(6,66)34(47)15-18-48(35,44)68)64-43(42(59-8)65-41-32(54)13-10-28(21-50)63-41)62-27(4)26(3)9-12-31(53)33(22-51)58-7;1-4-5(2)3/h11,24-28,30-39,41-43,50-51,53-56,66-70H,9-10,12-23H2,1-8H3;4H,1-3H3/t26?,27?,28?,30?,31-,32-,33?,34?,35?,36-,37?,38-,39?,41?,42+,43?,44-,45-,46?,47?,48?;/m0./s1. The molecule has 6 rings (SSSR count). The second kappa shape index (κ2) is 26.7. The quantitative estimate of drug-likeness (QED) is 0.0199. The number of aliphatic hydroxyl groups excluding tert-OH is 6. The molecule has 434 valence electrons. The summed E-state index contributed by atoms with van der Waals surface area (Å²) in [6.07, 6.45) is -2.38. The van der Waals surface area contributed by atoms with Crippen LogP contribution < -0.4 is 0 Å². The van der Waals surface area contributed by atoms with Gasteiger partial charge in [0.1, 0.15) is 24.9 Å². The molecule has 21 heteroatoms. The Labute approximate surface area is 473 Å². The highest BCUT2D eigenvalue weighted by Gasteiger charge is 2.74. The summed E-state index contributed by atoms with van der Waals surface area (Å²) in [5, 5.41) is 66.2. The molecule has 75 heavy (non-hydrogen) atoms. The first-order valence-corrected chi connectivity index (χ1v) is 29.1. The van der Waals surface area contributed by atoms with E-state index in [2.05, 4.69) is 32.9 Å². The van der Waals surface area contributed by atoms with Crippen molar-refractivity contribution in [2.24, 2.45) is 40.4 Å². The van der Waals surface area contributed by atoms with Crippen LogP contribution in [0.1, 0.15) is 133 Å². The van der Waals surface area contributed by atoms with Gasteiger partial charge in [0, 0.05) is 39.3 Å². The summed E-state index contributed by atoms with van der Waals surface area (Å²) < 4.78 is 44.9. The van der Waals surface area contributed by atoms with Crippen LogP contribution in [0.25, 0.3) is 0 Å². The largest absolute Gasteiger partial charge is 0.465 e. The Morgan fingerprint density at radius 1 is 0.893 bits per heavy atom. The fourth-order valence-electron chi connectivity index (χ4n) is 13.2. The Kier molecular flexibility index (Phi) is 23.3. The van der Waals surface area contributed by atoms with E-state index in [0.29, 0.717) is 57.8 Å². The van der Waals surface area contributed by atoms with Gasteiger partial charge in [-0.1, -0.05) is 51.0 Å². The highest BCUT2D eigenvalue weighted by Crippen LogP contribution is 2.73. The molecule has 6 N–H and O–H groups in total. The molecule has 5 fully saturated rings. The van der Waals surface area contributed by atoms with E-state index in [0.717, 1.165) is 5.57 Å². The van der Waals surface area contributed by atoms with Gasteiger partial charge in [0.2, 0.25) is 12.6 Å². The summed E-state index contributed by atoms with van der Waals surface area (Å²) in [7, 11) is 2.89. The molecular weight excluding hydrogens is 1060 g/mol. The number of carbonyl (C=O) groups excluding carboxylic acids is 2. The number of esters is 1. The molecule has 16 nitrogen and oxygen atoms in total. The van der Waals surface area contributed by atoms with Crippen LogP contribution in [0.3, 0.4) is 0 Å². The summed E-state index contributed by atoms with van der Waals surface area (Å²) in [6.45, 7) is 17.1. The predicted molar refractivity (Wildman–Crippen MR) is 301 cm³/mol. The van der Waals surface area contributed by atoms with Crippen LogP contribution >= 0.6 is 63.1 Å². The second-order valence-corrected chi connectivity index (χ2v) is 27.9. The van der Waals surface area contributed by atoms with Crippen molar-refractivity contribution in [3.8, 4) is 0 Å². The molecule has 0 bridgehead atoms. The van der Waals surface area contributed by atoms with E-state index >= 15 is 0 Å². The fraction of sp³-hybridized carbons (Fsp3) is 0.889. The minimum atomic E-state index is -1.39. The molecule has 6 aliphatic rings. The third-order valence-corrected chi connectivity index (χ3v) is 21.7. The maximum Gasteiger partial charge on any atom is 0.308 e. The van der Waals surface area contributed by atoms with Crippen LogP contribution in [-0.4, -0.2) is 169 Å². The average molecular weight is 1160 g/mol. The van der Waals surface area contributed by atoms with E-state index in [4.69, 9.17) is 101 Å². The van der Waals surface area contributed by atoms with Gasteiger partial charge in [0.25, 0.3) is 6.47 Å². The van der Waals surface area contributed by atoms with Gasteiger partial charge in [-0.3, -0.25) is 9.59 Å². The van der Waals surface area contributed by atoms with Crippen molar-refractivity contribution in [1.29, 1.82) is 0 Å². The monoisotopic (exact) mass is 1160 g/mol. The van der Waals surface area contributed by atoms with Gasteiger partial charge in [-0.2, -0.15) is 63.1 Å². The summed E-state index contributed by atoms with van der Waals surface area (Å²) in [5.74, 6) is -1.84. The Morgan fingerprint density at radius 2 is 1.56 bits per heavy atom. The summed E-state index contributed by atoms with van der Waals surface area (Å²) in [5.41, 5.74) is 0.0607. The van der Waals surface area contributed by atoms with Gasteiger partial charge in [0.05, 0.1) is 53.7 Å². The number of allylic oxidation sites excluding steroid dienone is 3. The number of carbonyl (C=O) groups is 2. The molecule has 5 aliphatic carbocycles. The number of fused-ring (bicyclic) bond motifs is 7. The number of hydrogen-bond donors (Lipinski definition) is 11. The lowest BCUT2D eigenvalue weighted by atomic mass is 9.40. The van der Waals surface area contributed by atoms with Crippen molar-refractivity contribution in [1.82, 2.24) is 0 Å². The number of rotatable bonds is 21. The lowest BCUT2D eigenvalue weighted by Crippen LogP contribution is -2.74. The minimum absolute atomic E-state index is 0.0221. The maximum atomic E-state index is 13.0. The van der Waals surface area contributed by atoms with E-state index in [-0.39, 0.29) is 56.9 Å². The van der Waals surface area contributed by atoms with Gasteiger partial charge in [-0.05, 0) is 129 Å². The van der Waals surface area contributed by atoms with Gasteiger partial charge in [-0.15, -0.1) is 0 Å². The first-order valence-electron chi connectivity index (χ1n) is 26.8. The Morgan fingerprint density at radius 3 is 2.13 bits per heavy atom. The lowest BCUT2D eigenvalue weighted by Gasteiger charge is -2.71. The van der Waals surface area contributed by atoms with E-state index in [9.17, 15) is 40.2 Å². The van der Waals surface area contributed by atoms with Crippen molar-refractivity contribution in [2.75, 3.05) is 34.0 Å². The predicted octanol–water partition coefficient (Wildman–Crippen LogP) is 6.32. The number of hydrogen-bond acceptors (Lipinski definition) is 21. The number of aliphatic hydroxyl groups is 6. The maximum absolute atomic E-state index is 13.0. The lowest BCUT2D eigenvalue weighted by molar-refractivity contribution is -0.362. The Bertz CT molecular complexity index is 1940. The van der Waals surface area contributed by atoms with Crippen molar-refractivity contribution in [3.63, 3.8) is 0 Å². The number of thiol groups is 5. The van der Waals surface area contributed by atoms with Crippen LogP contribution in [0, 0.1) is 40.4 Å². The van der Waals surface area contributed by atoms with Crippen LogP contribution in [0.2, 0.25) is 0 Å². The third-order valence-electron chi connectivity index (χ3n) is 18.3. The molecule has 0 aromatic rings. The van der Waals surface area contributed by atoms with Crippen LogP contribution in [0.4, 0.5) is 0 Å². The molecule has 4 saturated carbocycles. The Hall–Kier alpha value is -0.310. The highest BCUT2D eigenvalue weighted by molar-refractivity contribution is 8.00. The zero-order chi connectivity index (χ0) is 56.2. The smallest absolute Gasteiger partial charge is 0.308 e. The molecule has 1 aliphatic heterocycles. The van der Waals surface area contributed by atoms with Gasteiger partial charge in [-0.25, -0.2) is 0 Å². The van der Waals surface area contributed by atoms with Crippen LogP contribution in [0.15, 0.2) is 23.3 Å². The first-order chi connectivity index (χ1) is 35.0. The first kappa shape index (κ1) is 65.5. The normalized spacial score (nSPS) is 40.5. The Balaban J connectivity index is 0.00000198. The van der Waals surface area contributed by atoms with Crippen molar-refractivity contribution in [2.45, 2.75) is 225 Å². The van der Waals surface area contributed by atoms with E-state index in [1.165, 1.54) is 19.8 Å². The zero-order valence-corrected chi connectivity index (χ0v) is 50.4. The molecule has 1 heterocycles. The van der Waals surface area contributed by atoms with E-state index in [1.54, 1.807) is 13.8 Å². The minimum Gasteiger partial charge on any atom is -0.465 e. The summed E-state index contributed by atoms with van der Waals surface area (Å²) in [6, 6.07) is 0. The number of methoxy groups -OCH3 is 2. The van der Waals surface area contributed by atoms with E-state index in [1.807, 2.05) is 27.7 Å². The van der Waals surface area contributed by atoms with Crippen molar-refractivity contribution < 1.29 is 78.1 Å². The fourth-order valence-corrected chi connectivity index (χ4v) is 16.3. The van der Waals surface area contributed by atoms with E-state index < -0.39 is 121 Å². The topological polar surface area (TPSA) is 229 Å². The van der Waals surface area contributed by atoms with Crippen molar-refractivity contribution in [3.05, 3.63) is 23.3 Å². The second-order valence-electron chi connectivity index (χ2n) is 23.3. The molecule has 0 spiro atoms. The third kappa shape index (κ3) is 13.3. The van der Waals surface area contributed by atoms with Gasteiger partial charge < -0.3 is 68.5 Å². The molecule has 0 aromatic carbocycles. The summed E-state index contributed by atoms with van der Waals surface area (Å²) in [4.78, 5) is 24.8. The SMILES string of the molecule is CC=C(C)C.COC(CO)[C@@H](O)CCC(C)C(C)OC(OC1CCC2(S)C3CC=C4C5CC(S)(S)C(OC=O)[C@H](O)C5(COC(=O)C(C)C)C[C@H](O)[C@@]4(C)C3(S)CCC2[C@]1(C)S)[C@H](OC)OC1OC(CO)CC[C@@H]1O. The molecule has 0 radical (unpaired) electrons. The molecule has 14 unspecified atom stereocenters. The molecule has 1 saturated heterocycles. The van der Waals surface area contributed by atoms with Gasteiger partial charge >= 0.3 is 5.97 Å². The van der Waals surface area contributed by atoms with Crippen molar-refractivity contribution >= 4 is 75.6 Å². The number of ether oxygens (including phenoxy) is 8. The van der Waals surface area contributed by atoms with Crippen LogP contribution in [0.5, 0.6) is 0 Å². The molecular formula is C54H92O16S5. The highest BCUT2D eigenvalue weighted by atomic mass is 32.2. The summed E-state index contributed by atoms with van der Waals surface area (Å²) >= 11 is 26.6. The zero-order valence-electron chi connectivity index (χ0n) is 45.9.